The van der Waals surface area contributed by atoms with Crippen LogP contribution in [0.3, 0.4) is 0 Å². The summed E-state index contributed by atoms with van der Waals surface area (Å²) in [6.07, 6.45) is 3.36. The van der Waals surface area contributed by atoms with Gasteiger partial charge in [-0.05, 0) is 43.4 Å². The third kappa shape index (κ3) is 2.95. The van der Waals surface area contributed by atoms with Crippen molar-refractivity contribution in [3.63, 3.8) is 0 Å². The Hall–Kier alpha value is -1.81. The maximum Gasteiger partial charge on any atom is 0.348 e. The Labute approximate surface area is 128 Å². The first-order valence-corrected chi connectivity index (χ1v) is 8.07. The molecule has 1 aliphatic carbocycles. The second-order valence-electron chi connectivity index (χ2n) is 5.51. The van der Waals surface area contributed by atoms with Crippen molar-refractivity contribution < 1.29 is 9.53 Å². The van der Waals surface area contributed by atoms with Gasteiger partial charge in [0.05, 0.1) is 6.61 Å². The molecule has 0 aliphatic heterocycles. The Kier molecular flexibility index (Phi) is 3.97. The molecule has 1 unspecified atom stereocenters. The summed E-state index contributed by atoms with van der Waals surface area (Å²) in [5.41, 5.74) is 9.17. The molecule has 0 amide bonds. The maximum absolute atomic E-state index is 12.1. The second kappa shape index (κ2) is 5.90. The van der Waals surface area contributed by atoms with Gasteiger partial charge < -0.3 is 10.5 Å². The van der Waals surface area contributed by atoms with E-state index in [4.69, 9.17) is 10.5 Å². The molecule has 0 spiro atoms. The third-order valence-corrected chi connectivity index (χ3v) is 5.11. The highest BCUT2D eigenvalue weighted by molar-refractivity contribution is 7.14. The van der Waals surface area contributed by atoms with E-state index in [1.807, 2.05) is 6.92 Å². The highest BCUT2D eigenvalue weighted by Crippen LogP contribution is 2.32. The first-order valence-electron chi connectivity index (χ1n) is 7.26. The number of rotatable bonds is 3. The molecule has 21 heavy (non-hydrogen) atoms. The summed E-state index contributed by atoms with van der Waals surface area (Å²) in [6, 6.07) is 10.2. The predicted molar refractivity (Wildman–Crippen MR) is 85.9 cm³/mol. The average Bonchev–Trinajstić information content (AvgIpc) is 2.84. The highest BCUT2D eigenvalue weighted by atomic mass is 32.1. The van der Waals surface area contributed by atoms with E-state index in [0.29, 0.717) is 23.1 Å². The number of anilines is 1. The number of nitrogen functional groups attached to an aromatic ring is 1. The van der Waals surface area contributed by atoms with Crippen LogP contribution in [0.15, 0.2) is 30.3 Å². The summed E-state index contributed by atoms with van der Waals surface area (Å²) in [5, 5.41) is 0. The van der Waals surface area contributed by atoms with Gasteiger partial charge in [-0.15, -0.1) is 11.3 Å². The van der Waals surface area contributed by atoms with E-state index >= 15 is 0 Å². The van der Waals surface area contributed by atoms with Gasteiger partial charge in [-0.25, -0.2) is 4.79 Å². The Balaban J connectivity index is 1.67. The molecule has 3 nitrogen and oxygen atoms in total. The molecule has 4 heteroatoms. The molecule has 1 aliphatic rings. The summed E-state index contributed by atoms with van der Waals surface area (Å²) in [6.45, 7) is 2.36. The number of fused-ring (bicyclic) bond motifs is 1. The number of thiophene rings is 1. The zero-order valence-electron chi connectivity index (χ0n) is 12.1. The first kappa shape index (κ1) is 14.1. The number of carbonyl (C=O) groups is 1. The predicted octanol–water partition coefficient (Wildman–Crippen LogP) is 3.92. The summed E-state index contributed by atoms with van der Waals surface area (Å²) >= 11 is 1.40. The van der Waals surface area contributed by atoms with Gasteiger partial charge in [0.25, 0.3) is 0 Å². The minimum absolute atomic E-state index is 0.261. The van der Waals surface area contributed by atoms with E-state index in [1.165, 1.54) is 22.5 Å². The molecule has 1 atom stereocenters. The molecular weight excluding hydrogens is 282 g/mol. The summed E-state index contributed by atoms with van der Waals surface area (Å²) in [5.74, 6) is 0.0557. The standard InChI is InChI=1S/C17H19NO2S/c1-11-15(18)9-16(21-11)17(19)20-10-13-7-4-6-12-5-2-3-8-14(12)13/h2-3,5,8-9,13H,4,6-7,10,18H2,1H3. The third-order valence-electron chi connectivity index (χ3n) is 4.07. The largest absolute Gasteiger partial charge is 0.461 e. The van der Waals surface area contributed by atoms with Crippen molar-refractivity contribution in [1.82, 2.24) is 0 Å². The van der Waals surface area contributed by atoms with E-state index in [9.17, 15) is 4.79 Å². The van der Waals surface area contributed by atoms with Crippen LogP contribution in [0.2, 0.25) is 0 Å². The first-order chi connectivity index (χ1) is 10.1. The Bertz CT molecular complexity index is 643. The van der Waals surface area contributed by atoms with Crippen molar-refractivity contribution in [3.8, 4) is 0 Å². The van der Waals surface area contributed by atoms with Crippen molar-refractivity contribution in [2.45, 2.75) is 32.1 Å². The minimum Gasteiger partial charge on any atom is -0.461 e. The number of hydrogen-bond donors (Lipinski definition) is 1. The molecule has 0 bridgehead atoms. The monoisotopic (exact) mass is 301 g/mol. The Morgan fingerprint density at radius 3 is 3.00 bits per heavy atom. The van der Waals surface area contributed by atoms with Crippen LogP contribution in [0.25, 0.3) is 0 Å². The lowest BCUT2D eigenvalue weighted by Gasteiger charge is -2.24. The number of benzene rings is 1. The van der Waals surface area contributed by atoms with Crippen molar-refractivity contribution in [2.24, 2.45) is 0 Å². The number of ether oxygens (including phenoxy) is 1. The van der Waals surface area contributed by atoms with Gasteiger partial charge in [0.2, 0.25) is 0 Å². The molecule has 1 aromatic carbocycles. The van der Waals surface area contributed by atoms with E-state index in [1.54, 1.807) is 6.07 Å². The fourth-order valence-corrected chi connectivity index (χ4v) is 3.71. The second-order valence-corrected chi connectivity index (χ2v) is 6.76. The topological polar surface area (TPSA) is 52.3 Å². The van der Waals surface area contributed by atoms with Gasteiger partial charge in [-0.3, -0.25) is 0 Å². The molecule has 0 radical (unpaired) electrons. The van der Waals surface area contributed by atoms with Gasteiger partial charge in [0, 0.05) is 16.5 Å². The quantitative estimate of drug-likeness (QED) is 0.874. The normalized spacial score (nSPS) is 17.3. The molecule has 0 saturated carbocycles. The van der Waals surface area contributed by atoms with Gasteiger partial charge in [0.1, 0.15) is 4.88 Å². The van der Waals surface area contributed by atoms with Crippen LogP contribution >= 0.6 is 11.3 Å². The van der Waals surface area contributed by atoms with E-state index in [2.05, 4.69) is 24.3 Å². The Morgan fingerprint density at radius 2 is 2.24 bits per heavy atom. The molecule has 1 heterocycles. The summed E-state index contributed by atoms with van der Waals surface area (Å²) in [4.78, 5) is 13.7. The van der Waals surface area contributed by atoms with Gasteiger partial charge >= 0.3 is 5.97 Å². The maximum atomic E-state index is 12.1. The zero-order valence-corrected chi connectivity index (χ0v) is 12.9. The fourth-order valence-electron chi connectivity index (χ4n) is 2.87. The van der Waals surface area contributed by atoms with Crippen molar-refractivity contribution in [3.05, 3.63) is 51.2 Å². The van der Waals surface area contributed by atoms with Crippen LogP contribution in [-0.2, 0) is 11.2 Å². The van der Waals surface area contributed by atoms with Crippen LogP contribution < -0.4 is 5.73 Å². The number of carbonyl (C=O) groups excluding carboxylic acids is 1. The number of aryl methyl sites for hydroxylation is 2. The van der Waals surface area contributed by atoms with Crippen molar-refractivity contribution in [2.75, 3.05) is 12.3 Å². The van der Waals surface area contributed by atoms with Gasteiger partial charge in [-0.2, -0.15) is 0 Å². The average molecular weight is 301 g/mol. The summed E-state index contributed by atoms with van der Waals surface area (Å²) in [7, 11) is 0. The SMILES string of the molecule is Cc1sc(C(=O)OCC2CCCc3ccccc32)cc1N. The van der Waals surface area contributed by atoms with E-state index in [0.717, 1.165) is 24.1 Å². The molecule has 0 fully saturated rings. The Morgan fingerprint density at radius 1 is 1.43 bits per heavy atom. The number of nitrogens with two attached hydrogens (primary N) is 1. The molecule has 3 rings (SSSR count). The number of esters is 1. The van der Waals surface area contributed by atoms with Crippen molar-refractivity contribution in [1.29, 1.82) is 0 Å². The van der Waals surface area contributed by atoms with Crippen LogP contribution in [0.5, 0.6) is 0 Å². The molecular formula is C17H19NO2S. The molecule has 0 saturated heterocycles. The lowest BCUT2D eigenvalue weighted by molar-refractivity contribution is 0.0477. The van der Waals surface area contributed by atoms with Gasteiger partial charge in [-0.1, -0.05) is 24.3 Å². The van der Waals surface area contributed by atoms with E-state index in [-0.39, 0.29) is 5.97 Å². The molecule has 1 aromatic heterocycles. The van der Waals surface area contributed by atoms with Crippen molar-refractivity contribution >= 4 is 23.0 Å². The van der Waals surface area contributed by atoms with E-state index < -0.39 is 0 Å². The smallest absolute Gasteiger partial charge is 0.348 e. The minimum atomic E-state index is -0.261. The van der Waals surface area contributed by atoms with Crippen LogP contribution in [-0.4, -0.2) is 12.6 Å². The highest BCUT2D eigenvalue weighted by Gasteiger charge is 2.22. The number of hydrogen-bond acceptors (Lipinski definition) is 4. The molecule has 2 N–H and O–H groups in total. The summed E-state index contributed by atoms with van der Waals surface area (Å²) < 4.78 is 5.51. The lowest BCUT2D eigenvalue weighted by atomic mass is 9.83. The van der Waals surface area contributed by atoms with Crippen LogP contribution in [0.1, 0.15) is 44.4 Å². The molecule has 110 valence electrons. The van der Waals surface area contributed by atoms with Gasteiger partial charge in [0.15, 0.2) is 0 Å². The molecule has 2 aromatic rings. The van der Waals surface area contributed by atoms with Crippen LogP contribution in [0, 0.1) is 6.92 Å². The van der Waals surface area contributed by atoms with Crippen LogP contribution in [0.4, 0.5) is 5.69 Å². The fraction of sp³-hybridized carbons (Fsp3) is 0.353. The lowest BCUT2D eigenvalue weighted by Crippen LogP contribution is -2.17. The zero-order chi connectivity index (χ0) is 14.8.